The van der Waals surface area contributed by atoms with Gasteiger partial charge in [0.15, 0.2) is 0 Å². The van der Waals surface area contributed by atoms with Crippen LogP contribution in [0.1, 0.15) is 30.0 Å². The van der Waals surface area contributed by atoms with Crippen molar-refractivity contribution >= 4 is 27.5 Å². The molecule has 7 nitrogen and oxygen atoms in total. The number of nitrogens with zero attached hydrogens (tertiary/aromatic N) is 1. The molecular weight excluding hydrogens is 392 g/mol. The van der Waals surface area contributed by atoms with Gasteiger partial charge < -0.3 is 14.1 Å². The summed E-state index contributed by atoms with van der Waals surface area (Å²) in [5, 5.41) is 0.0437. The normalized spacial score (nSPS) is 20.6. The van der Waals surface area contributed by atoms with E-state index in [1.165, 1.54) is 24.5 Å². The Hall–Kier alpha value is -1.87. The minimum Gasteiger partial charge on any atom is -0.468 e. The smallest absolute Gasteiger partial charge is 0.254 e. The van der Waals surface area contributed by atoms with Crippen molar-refractivity contribution in [3.63, 3.8) is 0 Å². The van der Waals surface area contributed by atoms with Crippen LogP contribution in [0, 0.1) is 0 Å². The number of halogens is 1. The number of rotatable bonds is 5. The van der Waals surface area contributed by atoms with Crippen LogP contribution in [0.2, 0.25) is 5.02 Å². The van der Waals surface area contributed by atoms with Gasteiger partial charge in [-0.15, -0.1) is 0 Å². The lowest BCUT2D eigenvalue weighted by molar-refractivity contribution is -0.0586. The molecule has 0 radical (unpaired) electrons. The van der Waals surface area contributed by atoms with Crippen LogP contribution in [0.3, 0.4) is 0 Å². The Balaban J connectivity index is 1.82. The number of ether oxygens (including phenoxy) is 1. The maximum Gasteiger partial charge on any atom is 0.254 e. The van der Waals surface area contributed by atoms with Crippen molar-refractivity contribution in [3.8, 4) is 0 Å². The molecule has 9 heteroatoms. The highest BCUT2D eigenvalue weighted by Crippen LogP contribution is 2.24. The first-order valence-electron chi connectivity index (χ1n) is 8.52. The number of carbonyl (C=O) groups is 1. The van der Waals surface area contributed by atoms with Gasteiger partial charge in [-0.2, -0.15) is 0 Å². The van der Waals surface area contributed by atoms with Gasteiger partial charge in [0.2, 0.25) is 10.0 Å². The van der Waals surface area contributed by atoms with Crippen molar-refractivity contribution in [2.45, 2.75) is 37.5 Å². The van der Waals surface area contributed by atoms with Crippen LogP contribution in [0.5, 0.6) is 0 Å². The minimum absolute atomic E-state index is 0.0116. The Morgan fingerprint density at radius 2 is 1.96 bits per heavy atom. The number of hydrogen-bond donors (Lipinski definition) is 1. The fourth-order valence-electron chi connectivity index (χ4n) is 3.03. The molecule has 2 aromatic rings. The molecule has 1 aliphatic heterocycles. The van der Waals surface area contributed by atoms with E-state index in [1.807, 2.05) is 13.8 Å². The quantitative estimate of drug-likeness (QED) is 0.815. The average Bonchev–Trinajstić information content (AvgIpc) is 3.12. The number of carbonyl (C=O) groups excluding carboxylic acids is 1. The van der Waals surface area contributed by atoms with Crippen molar-refractivity contribution in [2.75, 3.05) is 13.1 Å². The molecule has 146 valence electrons. The van der Waals surface area contributed by atoms with Crippen molar-refractivity contribution < 1.29 is 22.4 Å². The molecule has 0 spiro atoms. The molecule has 1 aromatic carbocycles. The van der Waals surface area contributed by atoms with Gasteiger partial charge >= 0.3 is 0 Å². The molecule has 27 heavy (non-hydrogen) atoms. The highest BCUT2D eigenvalue weighted by molar-refractivity contribution is 7.89. The summed E-state index contributed by atoms with van der Waals surface area (Å²) in [7, 11) is -3.91. The lowest BCUT2D eigenvalue weighted by atomic mass is 10.1. The summed E-state index contributed by atoms with van der Waals surface area (Å²) >= 11 is 6.09. The third kappa shape index (κ3) is 4.70. The zero-order valence-electron chi connectivity index (χ0n) is 15.0. The first-order chi connectivity index (χ1) is 12.8. The van der Waals surface area contributed by atoms with Crippen molar-refractivity contribution in [1.82, 2.24) is 9.62 Å². The van der Waals surface area contributed by atoms with E-state index in [4.69, 9.17) is 20.8 Å². The summed E-state index contributed by atoms with van der Waals surface area (Å²) in [6.45, 7) is 4.68. The second kappa shape index (κ2) is 8.02. The lowest BCUT2D eigenvalue weighted by Gasteiger charge is -2.35. The van der Waals surface area contributed by atoms with E-state index in [0.717, 1.165) is 0 Å². The van der Waals surface area contributed by atoms with E-state index in [9.17, 15) is 13.2 Å². The van der Waals surface area contributed by atoms with Crippen LogP contribution in [-0.2, 0) is 21.3 Å². The maximum absolute atomic E-state index is 12.8. The first-order valence-corrected chi connectivity index (χ1v) is 10.4. The maximum atomic E-state index is 12.8. The standard InChI is InChI=1S/C18H21ClN2O5S/c1-12-10-21(11-13(2)26-12)18(22)14-5-6-16(19)17(8-14)27(23,24)20-9-15-4-3-7-25-15/h3-8,12-13,20H,9-11H2,1-2H3/t12-,13-/m1/s1. The number of morpholine rings is 1. The van der Waals surface area contributed by atoms with E-state index >= 15 is 0 Å². The molecule has 0 aliphatic carbocycles. The first kappa shape index (κ1) is 19.9. The van der Waals surface area contributed by atoms with Crippen LogP contribution in [0.4, 0.5) is 0 Å². The Morgan fingerprint density at radius 1 is 1.26 bits per heavy atom. The zero-order chi connectivity index (χ0) is 19.6. The molecule has 1 amide bonds. The monoisotopic (exact) mass is 412 g/mol. The summed E-state index contributed by atoms with van der Waals surface area (Å²) in [4.78, 5) is 14.3. The summed E-state index contributed by atoms with van der Waals surface area (Å²) < 4.78 is 38.4. The molecule has 0 saturated carbocycles. The van der Waals surface area contributed by atoms with Gasteiger partial charge in [0.05, 0.1) is 30.0 Å². The average molecular weight is 413 g/mol. The molecule has 1 fully saturated rings. The van der Waals surface area contributed by atoms with E-state index < -0.39 is 10.0 Å². The van der Waals surface area contributed by atoms with Crippen LogP contribution < -0.4 is 4.72 Å². The summed E-state index contributed by atoms with van der Waals surface area (Å²) in [6.07, 6.45) is 1.30. The van der Waals surface area contributed by atoms with Crippen LogP contribution in [0.25, 0.3) is 0 Å². The van der Waals surface area contributed by atoms with E-state index in [-0.39, 0.29) is 40.1 Å². The summed E-state index contributed by atoms with van der Waals surface area (Å²) in [5.74, 6) is 0.217. The van der Waals surface area contributed by atoms with E-state index in [0.29, 0.717) is 18.8 Å². The van der Waals surface area contributed by atoms with Gasteiger partial charge in [-0.3, -0.25) is 4.79 Å². The topological polar surface area (TPSA) is 88.9 Å². The second-order valence-corrected chi connectivity index (χ2v) is 8.66. The van der Waals surface area contributed by atoms with E-state index in [2.05, 4.69) is 4.72 Å². The molecule has 1 saturated heterocycles. The molecule has 3 rings (SSSR count). The number of nitrogens with one attached hydrogen (secondary N) is 1. The van der Waals surface area contributed by atoms with Gasteiger partial charge in [0.1, 0.15) is 10.7 Å². The van der Waals surface area contributed by atoms with Gasteiger partial charge in [0, 0.05) is 18.7 Å². The van der Waals surface area contributed by atoms with Gasteiger partial charge in [-0.05, 0) is 44.2 Å². The fourth-order valence-corrected chi connectivity index (χ4v) is 4.54. The molecule has 2 atom stereocenters. The van der Waals surface area contributed by atoms with Gasteiger partial charge in [-0.1, -0.05) is 11.6 Å². The third-order valence-electron chi connectivity index (χ3n) is 4.19. The van der Waals surface area contributed by atoms with Crippen molar-refractivity contribution in [2.24, 2.45) is 0 Å². The molecular formula is C18H21ClN2O5S. The second-order valence-electron chi connectivity index (χ2n) is 6.52. The van der Waals surface area contributed by atoms with Crippen LogP contribution in [0.15, 0.2) is 45.9 Å². The Kier molecular flexibility index (Phi) is 5.90. The SMILES string of the molecule is C[C@@H]1CN(C(=O)c2ccc(Cl)c(S(=O)(=O)NCc3ccco3)c2)C[C@@H](C)O1. The Bertz CT molecular complexity index is 904. The lowest BCUT2D eigenvalue weighted by Crippen LogP contribution is -2.48. The molecule has 1 aliphatic rings. The molecule has 1 aromatic heterocycles. The Labute approximate surface area is 163 Å². The van der Waals surface area contributed by atoms with Gasteiger partial charge in [-0.25, -0.2) is 13.1 Å². The third-order valence-corrected chi connectivity index (χ3v) is 6.07. The zero-order valence-corrected chi connectivity index (χ0v) is 16.6. The minimum atomic E-state index is -3.91. The molecule has 0 unspecified atom stereocenters. The highest BCUT2D eigenvalue weighted by Gasteiger charge is 2.28. The number of sulfonamides is 1. The van der Waals surface area contributed by atoms with Crippen LogP contribution in [-0.4, -0.2) is 44.5 Å². The predicted octanol–water partition coefficient (Wildman–Crippen LogP) is 2.66. The molecule has 0 bridgehead atoms. The Morgan fingerprint density at radius 3 is 2.59 bits per heavy atom. The largest absolute Gasteiger partial charge is 0.468 e. The van der Waals surface area contributed by atoms with Crippen LogP contribution >= 0.6 is 11.6 Å². The highest BCUT2D eigenvalue weighted by atomic mass is 35.5. The van der Waals surface area contributed by atoms with E-state index in [1.54, 1.807) is 17.0 Å². The summed E-state index contributed by atoms with van der Waals surface area (Å²) in [5.41, 5.74) is 0.263. The predicted molar refractivity (Wildman–Crippen MR) is 100 cm³/mol. The van der Waals surface area contributed by atoms with Gasteiger partial charge in [0.25, 0.3) is 5.91 Å². The van der Waals surface area contributed by atoms with Crippen molar-refractivity contribution in [1.29, 1.82) is 0 Å². The molecule has 1 N–H and O–H groups in total. The fraction of sp³-hybridized carbons (Fsp3) is 0.389. The number of hydrogen-bond acceptors (Lipinski definition) is 5. The summed E-state index contributed by atoms with van der Waals surface area (Å²) in [6, 6.07) is 7.58. The number of furan rings is 1. The number of benzene rings is 1. The van der Waals surface area contributed by atoms with Crippen molar-refractivity contribution in [3.05, 3.63) is 52.9 Å². The molecule has 2 heterocycles. The number of amides is 1.